The van der Waals surface area contributed by atoms with Gasteiger partial charge in [-0.3, -0.25) is 9.69 Å². The summed E-state index contributed by atoms with van der Waals surface area (Å²) in [6.45, 7) is 7.51. The largest absolute Gasteiger partial charge is 0.457 e. The van der Waals surface area contributed by atoms with Crippen LogP contribution in [0.1, 0.15) is 23.2 Å². The minimum atomic E-state index is -0.0318. The smallest absolute Gasteiger partial charge is 0.319 e. The molecule has 1 N–H and O–H groups in total. The van der Waals surface area contributed by atoms with E-state index in [1.807, 2.05) is 11.9 Å². The van der Waals surface area contributed by atoms with Gasteiger partial charge in [-0.05, 0) is 43.8 Å². The van der Waals surface area contributed by atoms with Crippen molar-refractivity contribution in [1.29, 1.82) is 5.41 Å². The zero-order valence-electron chi connectivity index (χ0n) is 27.4. The molecule has 1 amide bonds. The molecule has 0 saturated carbocycles. The molecular formula is C35H45N7O4. The van der Waals surface area contributed by atoms with Gasteiger partial charge in [0.2, 0.25) is 5.91 Å². The van der Waals surface area contributed by atoms with E-state index in [9.17, 15) is 4.79 Å². The highest BCUT2D eigenvalue weighted by molar-refractivity contribution is 5.97. The van der Waals surface area contributed by atoms with Crippen LogP contribution >= 0.6 is 0 Å². The number of anilines is 2. The molecule has 3 aliphatic heterocycles. The number of aromatic nitrogens is 2. The van der Waals surface area contributed by atoms with Crippen LogP contribution in [-0.4, -0.2) is 117 Å². The Labute approximate surface area is 271 Å². The van der Waals surface area contributed by atoms with Crippen molar-refractivity contribution in [3.8, 4) is 6.01 Å². The zero-order valence-corrected chi connectivity index (χ0v) is 27.4. The van der Waals surface area contributed by atoms with Gasteiger partial charge >= 0.3 is 6.01 Å². The molecule has 11 nitrogen and oxygen atoms in total. The monoisotopic (exact) mass is 627 g/mol. The van der Waals surface area contributed by atoms with Gasteiger partial charge in [-0.2, -0.15) is 9.97 Å². The summed E-state index contributed by atoms with van der Waals surface area (Å²) in [5.74, 6) is 0.873. The number of rotatable bonds is 10. The maximum absolute atomic E-state index is 12.7. The average molecular weight is 628 g/mol. The highest BCUT2D eigenvalue weighted by Crippen LogP contribution is 2.35. The van der Waals surface area contributed by atoms with E-state index < -0.39 is 0 Å². The van der Waals surface area contributed by atoms with Crippen molar-refractivity contribution in [2.24, 2.45) is 0 Å². The van der Waals surface area contributed by atoms with Crippen LogP contribution in [0.15, 0.2) is 48.6 Å². The predicted octanol–water partition coefficient (Wildman–Crippen LogP) is 3.47. The summed E-state index contributed by atoms with van der Waals surface area (Å²) in [5.41, 5.74) is 5.03. The lowest BCUT2D eigenvalue weighted by atomic mass is 9.99. The Balaban J connectivity index is 1.25. The number of ether oxygens (including phenoxy) is 3. The third-order valence-electron chi connectivity index (χ3n) is 9.47. The van der Waals surface area contributed by atoms with E-state index in [0.29, 0.717) is 51.1 Å². The maximum Gasteiger partial charge on any atom is 0.319 e. The molecule has 0 bridgehead atoms. The molecule has 3 aromatic rings. The fourth-order valence-corrected chi connectivity index (χ4v) is 6.95. The lowest BCUT2D eigenvalue weighted by Gasteiger charge is -2.38. The second kappa shape index (κ2) is 14.1. The molecule has 1 unspecified atom stereocenters. The van der Waals surface area contributed by atoms with Crippen molar-refractivity contribution in [2.45, 2.75) is 38.5 Å². The second-order valence-corrected chi connectivity index (χ2v) is 12.4. The summed E-state index contributed by atoms with van der Waals surface area (Å²) in [6.07, 6.45) is 5.03. The van der Waals surface area contributed by atoms with Crippen molar-refractivity contribution in [2.75, 3.05) is 83.5 Å². The molecule has 1 aromatic heterocycles. The van der Waals surface area contributed by atoms with Crippen LogP contribution < -0.4 is 14.5 Å². The second-order valence-electron chi connectivity index (χ2n) is 12.4. The van der Waals surface area contributed by atoms with Gasteiger partial charge in [0.05, 0.1) is 36.7 Å². The first-order valence-electron chi connectivity index (χ1n) is 16.1. The van der Waals surface area contributed by atoms with Gasteiger partial charge in [-0.15, -0.1) is 0 Å². The van der Waals surface area contributed by atoms with Crippen LogP contribution in [0.25, 0.3) is 10.8 Å². The first-order chi connectivity index (χ1) is 22.4. The van der Waals surface area contributed by atoms with Crippen LogP contribution in [0, 0.1) is 12.3 Å². The number of fused-ring (bicyclic) bond motifs is 2. The summed E-state index contributed by atoms with van der Waals surface area (Å²) < 4.78 is 16.8. The van der Waals surface area contributed by atoms with Crippen LogP contribution in [0.4, 0.5) is 11.5 Å². The Morgan fingerprint density at radius 2 is 1.83 bits per heavy atom. The lowest BCUT2D eigenvalue weighted by molar-refractivity contribution is -0.126. The summed E-state index contributed by atoms with van der Waals surface area (Å²) in [4.78, 5) is 31.3. The molecule has 0 radical (unpaired) electrons. The molecule has 0 aliphatic carbocycles. The highest BCUT2D eigenvalue weighted by atomic mass is 16.5. The molecule has 3 aliphatic rings. The first-order valence-corrected chi connectivity index (χ1v) is 16.1. The van der Waals surface area contributed by atoms with E-state index in [2.05, 4.69) is 58.0 Å². The van der Waals surface area contributed by atoms with Crippen LogP contribution in [0.5, 0.6) is 6.01 Å². The van der Waals surface area contributed by atoms with Gasteiger partial charge in [-0.1, -0.05) is 36.4 Å². The summed E-state index contributed by atoms with van der Waals surface area (Å²) in [6, 6.07) is 13.2. The average Bonchev–Trinajstić information content (AvgIpc) is 3.47. The van der Waals surface area contributed by atoms with Gasteiger partial charge in [-0.25, -0.2) is 0 Å². The molecule has 2 fully saturated rings. The van der Waals surface area contributed by atoms with Crippen molar-refractivity contribution in [3.63, 3.8) is 0 Å². The highest BCUT2D eigenvalue weighted by Gasteiger charge is 2.33. The number of hydrogen-bond donors (Lipinski definition) is 1. The fraction of sp³-hybridized carbons (Fsp3) is 0.486. The Bertz CT molecular complexity index is 1600. The van der Waals surface area contributed by atoms with Crippen molar-refractivity contribution >= 4 is 33.9 Å². The van der Waals surface area contributed by atoms with Crippen molar-refractivity contribution in [3.05, 3.63) is 65.4 Å². The number of methoxy groups -OCH3 is 2. The molecule has 244 valence electrons. The molecule has 4 heterocycles. The minimum Gasteiger partial charge on any atom is -0.457 e. The number of benzene rings is 2. The van der Waals surface area contributed by atoms with E-state index in [1.54, 1.807) is 26.4 Å². The first kappa shape index (κ1) is 31.9. The molecule has 46 heavy (non-hydrogen) atoms. The molecule has 2 saturated heterocycles. The van der Waals surface area contributed by atoms with Crippen LogP contribution in [-0.2, 0) is 27.2 Å². The van der Waals surface area contributed by atoms with E-state index in [0.717, 1.165) is 43.0 Å². The topological polar surface area (TPSA) is 107 Å². The molecule has 11 heteroatoms. The third-order valence-corrected chi connectivity index (χ3v) is 9.47. The Morgan fingerprint density at radius 1 is 1.04 bits per heavy atom. The van der Waals surface area contributed by atoms with Crippen LogP contribution in [0.3, 0.4) is 0 Å². The summed E-state index contributed by atoms with van der Waals surface area (Å²) in [7, 11) is 5.36. The molecule has 2 atom stereocenters. The summed E-state index contributed by atoms with van der Waals surface area (Å²) in [5, 5.41) is 11.3. The molecule has 0 spiro atoms. The lowest BCUT2D eigenvalue weighted by Crippen LogP contribution is -2.49. The van der Waals surface area contributed by atoms with Gasteiger partial charge in [0, 0.05) is 76.2 Å². The van der Waals surface area contributed by atoms with E-state index in [4.69, 9.17) is 29.6 Å². The summed E-state index contributed by atoms with van der Waals surface area (Å²) >= 11 is 0. The van der Waals surface area contributed by atoms with E-state index in [-0.39, 0.29) is 24.7 Å². The van der Waals surface area contributed by atoms with Crippen molar-refractivity contribution < 1.29 is 19.0 Å². The van der Waals surface area contributed by atoms with E-state index >= 15 is 0 Å². The number of likely N-dealkylation sites (N-methyl/N-ethyl adjacent to an activating group) is 1. The van der Waals surface area contributed by atoms with Gasteiger partial charge in [0.1, 0.15) is 12.4 Å². The molecular weight excluding hydrogens is 582 g/mol. The Kier molecular flexibility index (Phi) is 9.81. The number of nitrogens with one attached hydrogen (secondary N) is 1. The number of likely N-dealkylation sites (tertiary alicyclic amines) is 1. The number of piperazine rings is 1. The quantitative estimate of drug-likeness (QED) is 0.267. The number of aryl methyl sites for hydroxylation is 1. The standard InChI is InChI=1S/C35H45N7O4/c1-24-8-5-9-25-10-6-11-30(33(24)25)42-14-13-27-29(22-42)37-35(46-23-28(36)31-20-26(45-4)21-39(31)2)38-34(27)41-17-15-40(16-18-41)32(43)12-7-19-44-3/h5-12,26,31,36H,13-23H2,1-4H3/b12-7+,36-28?/t26-,31?/m1/s1. The van der Waals surface area contributed by atoms with Crippen molar-refractivity contribution in [1.82, 2.24) is 19.8 Å². The van der Waals surface area contributed by atoms with Gasteiger partial charge in [0.15, 0.2) is 0 Å². The van der Waals surface area contributed by atoms with Gasteiger partial charge in [0.25, 0.3) is 0 Å². The SMILES string of the molecule is COC/C=C/C(=O)N1CCN(c2nc(OCC(=N)C3C[C@@H](OC)CN3C)nc3c2CCN(c2cccc4cccc(C)c24)C3)CC1. The molecule has 6 rings (SSSR count). The van der Waals surface area contributed by atoms with Gasteiger partial charge < -0.3 is 34.3 Å². The number of carbonyl (C=O) groups excluding carboxylic acids is 1. The number of amides is 1. The number of nitrogens with zero attached hydrogens (tertiary/aromatic N) is 6. The number of hydrogen-bond acceptors (Lipinski definition) is 10. The van der Waals surface area contributed by atoms with Crippen LogP contribution in [0.2, 0.25) is 0 Å². The minimum absolute atomic E-state index is 0.00225. The molecule has 2 aromatic carbocycles. The fourth-order valence-electron chi connectivity index (χ4n) is 6.95. The Hall–Kier alpha value is -4.06. The number of carbonyl (C=O) groups is 1. The third kappa shape index (κ3) is 6.72. The normalized spacial score (nSPS) is 20.5. The maximum atomic E-state index is 12.7. The Morgan fingerprint density at radius 3 is 2.57 bits per heavy atom. The predicted molar refractivity (Wildman–Crippen MR) is 180 cm³/mol. The van der Waals surface area contributed by atoms with E-state index in [1.165, 1.54) is 22.0 Å². The zero-order chi connectivity index (χ0) is 32.2.